The normalized spacial score (nSPS) is 34.1. The van der Waals surface area contributed by atoms with Gasteiger partial charge in [-0.25, -0.2) is 0 Å². The average Bonchev–Trinajstić information content (AvgIpc) is 2.40. The van der Waals surface area contributed by atoms with Gasteiger partial charge in [-0.15, -0.1) is 0 Å². The van der Waals surface area contributed by atoms with Gasteiger partial charge in [0, 0.05) is 4.83 Å². The lowest BCUT2D eigenvalue weighted by Gasteiger charge is -2.36. The second-order valence-electron chi connectivity index (χ2n) is 5.47. The Morgan fingerprint density at radius 3 is 2.44 bits per heavy atom. The van der Waals surface area contributed by atoms with E-state index in [1.54, 1.807) is 0 Å². The third-order valence-electron chi connectivity index (χ3n) is 4.30. The van der Waals surface area contributed by atoms with Crippen molar-refractivity contribution in [1.82, 2.24) is 0 Å². The highest BCUT2D eigenvalue weighted by Crippen LogP contribution is 2.35. The molecule has 0 aliphatic heterocycles. The van der Waals surface area contributed by atoms with Gasteiger partial charge in [0.05, 0.1) is 12.2 Å². The van der Waals surface area contributed by atoms with Gasteiger partial charge in [0.1, 0.15) is 0 Å². The van der Waals surface area contributed by atoms with E-state index in [2.05, 4.69) is 22.9 Å². The Hall–Kier alpha value is 0.440. The number of alkyl halides is 1. The molecular formula is C14H25BrO. The van der Waals surface area contributed by atoms with Crippen molar-refractivity contribution in [2.24, 2.45) is 5.92 Å². The molecule has 2 rings (SSSR count). The Kier molecular flexibility index (Phi) is 5.15. The minimum atomic E-state index is 0.480. The smallest absolute Gasteiger partial charge is 0.0703 e. The number of hydrogen-bond acceptors (Lipinski definition) is 1. The first-order chi connectivity index (χ1) is 7.81. The highest BCUT2D eigenvalue weighted by Gasteiger charge is 2.31. The molecule has 0 heterocycles. The van der Waals surface area contributed by atoms with E-state index in [-0.39, 0.29) is 0 Å². The molecule has 0 N–H and O–H groups in total. The SMILES string of the molecule is CCC(OC1CCCCCC1Br)C1CCC1. The van der Waals surface area contributed by atoms with Crippen molar-refractivity contribution in [2.45, 2.75) is 81.7 Å². The molecule has 0 aromatic carbocycles. The van der Waals surface area contributed by atoms with Crippen molar-refractivity contribution in [3.8, 4) is 0 Å². The molecule has 0 bridgehead atoms. The molecule has 0 aromatic heterocycles. The first-order valence-electron chi connectivity index (χ1n) is 7.10. The molecule has 2 saturated carbocycles. The van der Waals surface area contributed by atoms with Crippen LogP contribution in [0.2, 0.25) is 0 Å². The van der Waals surface area contributed by atoms with Crippen molar-refractivity contribution < 1.29 is 4.74 Å². The van der Waals surface area contributed by atoms with Crippen LogP contribution in [0.15, 0.2) is 0 Å². The number of rotatable bonds is 4. The fourth-order valence-corrected chi connectivity index (χ4v) is 3.67. The van der Waals surface area contributed by atoms with Gasteiger partial charge in [0.15, 0.2) is 0 Å². The van der Waals surface area contributed by atoms with Gasteiger partial charge >= 0.3 is 0 Å². The van der Waals surface area contributed by atoms with Gasteiger partial charge in [-0.1, -0.05) is 48.5 Å². The molecule has 2 aliphatic rings. The minimum absolute atomic E-state index is 0.480. The van der Waals surface area contributed by atoms with Crippen LogP contribution < -0.4 is 0 Å². The second-order valence-corrected chi connectivity index (χ2v) is 6.64. The van der Waals surface area contributed by atoms with E-state index in [0.29, 0.717) is 17.0 Å². The maximum absolute atomic E-state index is 6.39. The summed E-state index contributed by atoms with van der Waals surface area (Å²) in [7, 11) is 0. The number of hydrogen-bond donors (Lipinski definition) is 0. The molecule has 2 fully saturated rings. The summed E-state index contributed by atoms with van der Waals surface area (Å²) in [6.07, 6.45) is 13.1. The second kappa shape index (κ2) is 6.39. The molecule has 1 nitrogen and oxygen atoms in total. The summed E-state index contributed by atoms with van der Waals surface area (Å²) in [5.74, 6) is 0.868. The van der Waals surface area contributed by atoms with E-state index in [9.17, 15) is 0 Å². The summed E-state index contributed by atoms with van der Waals surface area (Å²) in [5.41, 5.74) is 0. The highest BCUT2D eigenvalue weighted by atomic mass is 79.9. The Balaban J connectivity index is 1.84. The quantitative estimate of drug-likeness (QED) is 0.539. The Morgan fingerprint density at radius 1 is 1.06 bits per heavy atom. The maximum atomic E-state index is 6.39. The zero-order valence-corrected chi connectivity index (χ0v) is 12.0. The van der Waals surface area contributed by atoms with Gasteiger partial charge < -0.3 is 4.74 Å². The molecule has 0 aromatic rings. The van der Waals surface area contributed by atoms with Crippen molar-refractivity contribution in [2.75, 3.05) is 0 Å². The molecule has 2 aliphatic carbocycles. The molecular weight excluding hydrogens is 264 g/mol. The molecule has 0 saturated heterocycles. The van der Waals surface area contributed by atoms with Crippen LogP contribution in [0.1, 0.15) is 64.7 Å². The van der Waals surface area contributed by atoms with E-state index < -0.39 is 0 Å². The van der Waals surface area contributed by atoms with E-state index in [4.69, 9.17) is 4.74 Å². The molecule has 3 unspecified atom stereocenters. The van der Waals surface area contributed by atoms with Crippen LogP contribution in [0.4, 0.5) is 0 Å². The van der Waals surface area contributed by atoms with Gasteiger partial charge in [-0.3, -0.25) is 0 Å². The van der Waals surface area contributed by atoms with Crippen LogP contribution in [0.3, 0.4) is 0 Å². The summed E-state index contributed by atoms with van der Waals surface area (Å²) >= 11 is 3.83. The molecule has 16 heavy (non-hydrogen) atoms. The fourth-order valence-electron chi connectivity index (χ4n) is 2.96. The summed E-state index contributed by atoms with van der Waals surface area (Å²) in [4.78, 5) is 0.601. The Bertz CT molecular complexity index is 203. The lowest BCUT2D eigenvalue weighted by molar-refractivity contribution is -0.0646. The monoisotopic (exact) mass is 288 g/mol. The molecule has 0 spiro atoms. The third-order valence-corrected chi connectivity index (χ3v) is 5.35. The topological polar surface area (TPSA) is 9.23 Å². The summed E-state index contributed by atoms with van der Waals surface area (Å²) < 4.78 is 6.39. The Labute approximate surface area is 108 Å². The van der Waals surface area contributed by atoms with E-state index >= 15 is 0 Å². The van der Waals surface area contributed by atoms with E-state index in [1.165, 1.54) is 57.8 Å². The largest absolute Gasteiger partial charge is 0.374 e. The van der Waals surface area contributed by atoms with Crippen molar-refractivity contribution >= 4 is 15.9 Å². The molecule has 2 heteroatoms. The molecule has 0 amide bonds. The first kappa shape index (κ1) is 12.9. The third kappa shape index (κ3) is 3.22. The maximum Gasteiger partial charge on any atom is 0.0703 e. The van der Waals surface area contributed by atoms with Gasteiger partial charge in [0.25, 0.3) is 0 Å². The van der Waals surface area contributed by atoms with Crippen LogP contribution in [-0.4, -0.2) is 17.0 Å². The molecule has 3 atom stereocenters. The summed E-state index contributed by atoms with van der Waals surface area (Å²) in [5, 5.41) is 0. The lowest BCUT2D eigenvalue weighted by atomic mass is 9.80. The molecule has 0 radical (unpaired) electrons. The standard InChI is InChI=1S/C14H25BrO/c1-2-13(11-7-6-8-11)16-14-10-5-3-4-9-12(14)15/h11-14H,2-10H2,1H3. The first-order valence-corrected chi connectivity index (χ1v) is 8.02. The number of ether oxygens (including phenoxy) is 1. The van der Waals surface area contributed by atoms with Crippen LogP contribution in [-0.2, 0) is 4.74 Å². The van der Waals surface area contributed by atoms with Gasteiger partial charge in [-0.2, -0.15) is 0 Å². The van der Waals surface area contributed by atoms with E-state index in [1.807, 2.05) is 0 Å². The van der Waals surface area contributed by atoms with Crippen molar-refractivity contribution in [3.63, 3.8) is 0 Å². The van der Waals surface area contributed by atoms with Crippen LogP contribution in [0, 0.1) is 5.92 Å². The van der Waals surface area contributed by atoms with Crippen molar-refractivity contribution in [3.05, 3.63) is 0 Å². The summed E-state index contributed by atoms with van der Waals surface area (Å²) in [6, 6.07) is 0. The van der Waals surface area contributed by atoms with Crippen LogP contribution >= 0.6 is 15.9 Å². The Morgan fingerprint density at radius 2 is 1.81 bits per heavy atom. The predicted octanol–water partition coefficient (Wildman–Crippen LogP) is 4.68. The van der Waals surface area contributed by atoms with Gasteiger partial charge in [-0.05, 0) is 38.0 Å². The van der Waals surface area contributed by atoms with Crippen LogP contribution in [0.5, 0.6) is 0 Å². The lowest BCUT2D eigenvalue weighted by Crippen LogP contribution is -2.35. The predicted molar refractivity (Wildman–Crippen MR) is 72.1 cm³/mol. The highest BCUT2D eigenvalue weighted by molar-refractivity contribution is 9.09. The minimum Gasteiger partial charge on any atom is -0.374 e. The van der Waals surface area contributed by atoms with E-state index in [0.717, 1.165) is 5.92 Å². The van der Waals surface area contributed by atoms with Gasteiger partial charge in [0.2, 0.25) is 0 Å². The fraction of sp³-hybridized carbons (Fsp3) is 1.00. The number of halogens is 1. The average molecular weight is 289 g/mol. The van der Waals surface area contributed by atoms with Crippen LogP contribution in [0.25, 0.3) is 0 Å². The summed E-state index contributed by atoms with van der Waals surface area (Å²) in [6.45, 7) is 2.28. The molecule has 94 valence electrons. The zero-order chi connectivity index (χ0) is 11.4. The van der Waals surface area contributed by atoms with Crippen molar-refractivity contribution in [1.29, 1.82) is 0 Å². The zero-order valence-electron chi connectivity index (χ0n) is 10.5.